The molecule has 0 nitrogen and oxygen atoms in total. The second-order valence-corrected chi connectivity index (χ2v) is 12.9. The van der Waals surface area contributed by atoms with Gasteiger partial charge >= 0.3 is 0 Å². The van der Waals surface area contributed by atoms with Crippen molar-refractivity contribution < 1.29 is 0 Å². The van der Waals surface area contributed by atoms with Crippen LogP contribution in [-0.4, -0.2) is 0 Å². The minimum Gasteiger partial charge on any atom is -0.0616 e. The lowest BCUT2D eigenvalue weighted by atomic mass is 9.91. The minimum absolute atomic E-state index is 0.999. The number of hydrogen-bond donors (Lipinski definition) is 0. The summed E-state index contributed by atoms with van der Waals surface area (Å²) in [6, 6.07) is 50.8. The Hall–Kier alpha value is -5.46. The minimum atomic E-state index is 0.999. The van der Waals surface area contributed by atoms with Gasteiger partial charge in [-0.1, -0.05) is 97.1 Å². The number of rotatable bonds is 0. The fourth-order valence-corrected chi connectivity index (χ4v) is 8.54. The van der Waals surface area contributed by atoms with Gasteiger partial charge in [-0.05, 0) is 158 Å². The standard InChI is InChI=1S/C44H26/c1-3-7-27-21-39-29(17-25(27)5-1)9-15-37-35(39)13-11-31-19-33-24-42-34(23-41(33)43(31)37)20-32-12-14-36-38(44(32)42)16-10-30-18-26-6-2-4-8-28(26)22-40(30)36/h1-18,21-24H,19-20H2. The largest absolute Gasteiger partial charge is 0.0616 e. The molecule has 0 unspecified atom stereocenters. The lowest BCUT2D eigenvalue weighted by Crippen LogP contribution is -1.87. The van der Waals surface area contributed by atoms with Crippen molar-refractivity contribution in [3.05, 3.63) is 156 Å². The van der Waals surface area contributed by atoms with E-state index < -0.39 is 0 Å². The van der Waals surface area contributed by atoms with Crippen LogP contribution in [0, 0.1) is 0 Å². The third-order valence-corrected chi connectivity index (χ3v) is 10.6. The lowest BCUT2D eigenvalue weighted by molar-refractivity contribution is 1.24. The van der Waals surface area contributed by atoms with E-state index in [0.717, 1.165) is 12.8 Å². The SMILES string of the molecule is c1ccc2cc3c(ccc4c5c(ccc43)Cc3cc4c(cc3-5)Cc3ccc5c(ccc6cc7ccccc7cc65)c3-4)cc2c1. The van der Waals surface area contributed by atoms with Crippen molar-refractivity contribution in [2.45, 2.75) is 12.8 Å². The second-order valence-electron chi connectivity index (χ2n) is 12.9. The van der Waals surface area contributed by atoms with Crippen LogP contribution < -0.4 is 0 Å². The van der Waals surface area contributed by atoms with Crippen molar-refractivity contribution in [1.29, 1.82) is 0 Å². The molecule has 2 aliphatic carbocycles. The predicted octanol–water partition coefficient (Wildman–Crippen LogP) is 11.7. The van der Waals surface area contributed by atoms with E-state index in [1.165, 1.54) is 109 Å². The molecule has 0 aromatic heterocycles. The normalized spacial score (nSPS) is 13.3. The maximum absolute atomic E-state index is 2.53. The zero-order valence-corrected chi connectivity index (χ0v) is 24.1. The van der Waals surface area contributed by atoms with Crippen LogP contribution in [0.15, 0.2) is 133 Å². The molecule has 9 aromatic carbocycles. The first-order valence-corrected chi connectivity index (χ1v) is 15.7. The smallest absolute Gasteiger partial charge is 0.00130 e. The molecule has 202 valence electrons. The van der Waals surface area contributed by atoms with Gasteiger partial charge in [-0.2, -0.15) is 0 Å². The Labute approximate surface area is 254 Å². The highest BCUT2D eigenvalue weighted by molar-refractivity contribution is 6.18. The van der Waals surface area contributed by atoms with Gasteiger partial charge in [-0.3, -0.25) is 0 Å². The summed E-state index contributed by atoms with van der Waals surface area (Å²) >= 11 is 0. The Bertz CT molecular complexity index is 2570. The molecule has 0 amide bonds. The fourth-order valence-electron chi connectivity index (χ4n) is 8.54. The molecule has 0 atom stereocenters. The monoisotopic (exact) mass is 554 g/mol. The maximum atomic E-state index is 2.53. The summed E-state index contributed by atoms with van der Waals surface area (Å²) in [6.45, 7) is 0. The van der Waals surface area contributed by atoms with E-state index in [1.807, 2.05) is 0 Å². The molecule has 0 heteroatoms. The summed E-state index contributed by atoms with van der Waals surface area (Å²) < 4.78 is 0. The van der Waals surface area contributed by atoms with E-state index in [9.17, 15) is 0 Å². The molecule has 0 spiro atoms. The van der Waals surface area contributed by atoms with Crippen LogP contribution >= 0.6 is 0 Å². The molecule has 0 bridgehead atoms. The highest BCUT2D eigenvalue weighted by Crippen LogP contribution is 2.50. The molecule has 9 aromatic rings. The quantitative estimate of drug-likeness (QED) is 0.129. The van der Waals surface area contributed by atoms with Crippen LogP contribution in [0.5, 0.6) is 0 Å². The fraction of sp³-hybridized carbons (Fsp3) is 0.0455. The van der Waals surface area contributed by atoms with Gasteiger partial charge in [0.05, 0.1) is 0 Å². The van der Waals surface area contributed by atoms with Crippen molar-refractivity contribution in [2.75, 3.05) is 0 Å². The first-order valence-electron chi connectivity index (χ1n) is 15.7. The summed E-state index contributed by atoms with van der Waals surface area (Å²) in [5.41, 5.74) is 11.6. The Morgan fingerprint density at radius 1 is 0.273 bits per heavy atom. The van der Waals surface area contributed by atoms with Crippen molar-refractivity contribution in [3.63, 3.8) is 0 Å². The van der Waals surface area contributed by atoms with Crippen molar-refractivity contribution in [3.8, 4) is 22.3 Å². The van der Waals surface area contributed by atoms with Crippen molar-refractivity contribution in [1.82, 2.24) is 0 Å². The number of fused-ring (bicyclic) bond motifs is 16. The Balaban J connectivity index is 1.12. The molecule has 0 fully saturated rings. The average molecular weight is 555 g/mol. The summed E-state index contributed by atoms with van der Waals surface area (Å²) in [5.74, 6) is 0. The highest BCUT2D eigenvalue weighted by atomic mass is 14.3. The molecule has 11 rings (SSSR count). The van der Waals surface area contributed by atoms with Crippen LogP contribution in [-0.2, 0) is 12.8 Å². The molecule has 0 radical (unpaired) electrons. The third kappa shape index (κ3) is 2.98. The third-order valence-electron chi connectivity index (χ3n) is 10.6. The molecule has 0 N–H and O–H groups in total. The summed E-state index contributed by atoms with van der Waals surface area (Å²) in [4.78, 5) is 0. The van der Waals surface area contributed by atoms with Crippen LogP contribution in [0.1, 0.15) is 22.3 Å². The van der Waals surface area contributed by atoms with Crippen LogP contribution in [0.25, 0.3) is 86.9 Å². The van der Waals surface area contributed by atoms with E-state index in [2.05, 4.69) is 133 Å². The molecular formula is C44H26. The summed E-state index contributed by atoms with van der Waals surface area (Å²) in [7, 11) is 0. The molecule has 0 saturated carbocycles. The summed E-state index contributed by atoms with van der Waals surface area (Å²) in [5, 5.41) is 16.0. The summed E-state index contributed by atoms with van der Waals surface area (Å²) in [6.07, 6.45) is 2.00. The molecule has 0 saturated heterocycles. The maximum Gasteiger partial charge on any atom is -0.00130 e. The van der Waals surface area contributed by atoms with E-state index in [0.29, 0.717) is 0 Å². The van der Waals surface area contributed by atoms with Gasteiger partial charge in [-0.25, -0.2) is 0 Å². The number of benzene rings is 9. The second kappa shape index (κ2) is 8.13. The molecule has 44 heavy (non-hydrogen) atoms. The number of hydrogen-bond acceptors (Lipinski definition) is 0. The van der Waals surface area contributed by atoms with Crippen molar-refractivity contribution in [2.24, 2.45) is 0 Å². The zero-order chi connectivity index (χ0) is 28.5. The Morgan fingerprint density at radius 2 is 0.682 bits per heavy atom. The van der Waals surface area contributed by atoms with Gasteiger partial charge in [0.25, 0.3) is 0 Å². The van der Waals surface area contributed by atoms with Crippen LogP contribution in [0.4, 0.5) is 0 Å². The van der Waals surface area contributed by atoms with Crippen LogP contribution in [0.2, 0.25) is 0 Å². The van der Waals surface area contributed by atoms with E-state index in [4.69, 9.17) is 0 Å². The van der Waals surface area contributed by atoms with Gasteiger partial charge in [0, 0.05) is 0 Å². The molecule has 0 aliphatic heterocycles. The zero-order valence-electron chi connectivity index (χ0n) is 24.1. The van der Waals surface area contributed by atoms with Crippen LogP contribution in [0.3, 0.4) is 0 Å². The average Bonchev–Trinajstić information content (AvgIpc) is 3.62. The molecular weight excluding hydrogens is 528 g/mol. The van der Waals surface area contributed by atoms with Gasteiger partial charge in [0.15, 0.2) is 0 Å². The van der Waals surface area contributed by atoms with Gasteiger partial charge in [-0.15, -0.1) is 0 Å². The van der Waals surface area contributed by atoms with Gasteiger partial charge in [0.1, 0.15) is 0 Å². The Morgan fingerprint density at radius 3 is 1.14 bits per heavy atom. The highest BCUT2D eigenvalue weighted by Gasteiger charge is 2.28. The van der Waals surface area contributed by atoms with Gasteiger partial charge in [0.2, 0.25) is 0 Å². The molecule has 2 aliphatic rings. The van der Waals surface area contributed by atoms with E-state index >= 15 is 0 Å². The Kier molecular flexibility index (Phi) is 4.26. The van der Waals surface area contributed by atoms with E-state index in [-0.39, 0.29) is 0 Å². The van der Waals surface area contributed by atoms with Crippen molar-refractivity contribution >= 4 is 64.6 Å². The van der Waals surface area contributed by atoms with E-state index in [1.54, 1.807) is 0 Å². The first kappa shape index (κ1) is 23.1. The van der Waals surface area contributed by atoms with Gasteiger partial charge < -0.3 is 0 Å². The first-order chi connectivity index (χ1) is 21.8. The lowest BCUT2D eigenvalue weighted by Gasteiger charge is -2.13. The predicted molar refractivity (Wildman–Crippen MR) is 188 cm³/mol. The topological polar surface area (TPSA) is 0 Å². The molecule has 0 heterocycles.